The van der Waals surface area contributed by atoms with Gasteiger partial charge in [-0.1, -0.05) is 0 Å². The zero-order chi connectivity index (χ0) is 14.8. The number of hydrogen-bond donors (Lipinski definition) is 1. The summed E-state index contributed by atoms with van der Waals surface area (Å²) in [7, 11) is 0. The van der Waals surface area contributed by atoms with Crippen LogP contribution in [0.4, 0.5) is 4.39 Å². The molecule has 0 aliphatic heterocycles. The van der Waals surface area contributed by atoms with Crippen LogP contribution in [-0.2, 0) is 0 Å². The Balaban J connectivity index is 1.47. The SMILES string of the molecule is CC(C1CC1)N(CC(O)COc1ccc(F)cc1)C1CC1. The third-order valence-electron chi connectivity index (χ3n) is 4.52. The molecular formula is C17H24FNO2. The summed E-state index contributed by atoms with van der Waals surface area (Å²) >= 11 is 0. The monoisotopic (exact) mass is 293 g/mol. The summed E-state index contributed by atoms with van der Waals surface area (Å²) in [4.78, 5) is 2.45. The summed E-state index contributed by atoms with van der Waals surface area (Å²) in [5, 5.41) is 10.2. The quantitative estimate of drug-likeness (QED) is 0.800. The Labute approximate surface area is 125 Å². The lowest BCUT2D eigenvalue weighted by Crippen LogP contribution is -2.43. The Morgan fingerprint density at radius 2 is 1.90 bits per heavy atom. The lowest BCUT2D eigenvalue weighted by Gasteiger charge is -2.31. The van der Waals surface area contributed by atoms with Crippen LogP contribution in [0.3, 0.4) is 0 Å². The van der Waals surface area contributed by atoms with E-state index in [1.54, 1.807) is 12.1 Å². The van der Waals surface area contributed by atoms with Crippen LogP contribution < -0.4 is 4.74 Å². The summed E-state index contributed by atoms with van der Waals surface area (Å²) < 4.78 is 18.3. The first-order chi connectivity index (χ1) is 10.1. The highest BCUT2D eigenvalue weighted by molar-refractivity contribution is 5.22. The fraction of sp³-hybridized carbons (Fsp3) is 0.647. The van der Waals surface area contributed by atoms with E-state index in [-0.39, 0.29) is 12.4 Å². The van der Waals surface area contributed by atoms with Gasteiger partial charge < -0.3 is 9.84 Å². The minimum Gasteiger partial charge on any atom is -0.491 e. The summed E-state index contributed by atoms with van der Waals surface area (Å²) in [5.74, 6) is 1.14. The molecule has 0 heterocycles. The number of aliphatic hydroxyl groups excluding tert-OH is 1. The van der Waals surface area contributed by atoms with Crippen molar-refractivity contribution in [1.82, 2.24) is 4.90 Å². The normalized spacial score (nSPS) is 21.3. The number of rotatable bonds is 8. The zero-order valence-electron chi connectivity index (χ0n) is 12.5. The molecule has 3 nitrogen and oxygen atoms in total. The van der Waals surface area contributed by atoms with Crippen LogP contribution in [0.5, 0.6) is 5.75 Å². The second-order valence-corrected chi connectivity index (χ2v) is 6.42. The molecule has 0 saturated heterocycles. The van der Waals surface area contributed by atoms with Crippen molar-refractivity contribution in [3.8, 4) is 5.75 Å². The second-order valence-electron chi connectivity index (χ2n) is 6.42. The van der Waals surface area contributed by atoms with Crippen molar-refractivity contribution in [3.63, 3.8) is 0 Å². The van der Waals surface area contributed by atoms with E-state index < -0.39 is 6.10 Å². The smallest absolute Gasteiger partial charge is 0.123 e. The van der Waals surface area contributed by atoms with Gasteiger partial charge in [-0.2, -0.15) is 0 Å². The van der Waals surface area contributed by atoms with Gasteiger partial charge in [0, 0.05) is 18.6 Å². The lowest BCUT2D eigenvalue weighted by molar-refractivity contribution is 0.0470. The van der Waals surface area contributed by atoms with Crippen LogP contribution in [0.15, 0.2) is 24.3 Å². The van der Waals surface area contributed by atoms with Gasteiger partial charge in [-0.25, -0.2) is 4.39 Å². The first-order valence-corrected chi connectivity index (χ1v) is 7.95. The molecule has 21 heavy (non-hydrogen) atoms. The van der Waals surface area contributed by atoms with Gasteiger partial charge in [0.05, 0.1) is 0 Å². The summed E-state index contributed by atoms with van der Waals surface area (Å²) in [6, 6.07) is 7.14. The van der Waals surface area contributed by atoms with Crippen molar-refractivity contribution in [2.24, 2.45) is 5.92 Å². The van der Waals surface area contributed by atoms with Crippen LogP contribution in [0.2, 0.25) is 0 Å². The third kappa shape index (κ3) is 4.17. The van der Waals surface area contributed by atoms with E-state index >= 15 is 0 Å². The summed E-state index contributed by atoms with van der Waals surface area (Å²) in [5.41, 5.74) is 0. The molecule has 4 heteroatoms. The standard InChI is InChI=1S/C17H24FNO2/c1-12(13-2-3-13)19(15-6-7-15)10-16(20)11-21-17-8-4-14(18)5-9-17/h4-5,8-9,12-13,15-16,20H,2-3,6-7,10-11H2,1H3. The molecule has 3 rings (SSSR count). The molecule has 0 aromatic heterocycles. The van der Waals surface area contributed by atoms with Crippen LogP contribution in [0.1, 0.15) is 32.6 Å². The van der Waals surface area contributed by atoms with Gasteiger partial charge >= 0.3 is 0 Å². The van der Waals surface area contributed by atoms with E-state index in [2.05, 4.69) is 11.8 Å². The van der Waals surface area contributed by atoms with E-state index in [0.717, 1.165) is 5.92 Å². The topological polar surface area (TPSA) is 32.7 Å². The minimum atomic E-state index is -0.503. The Morgan fingerprint density at radius 3 is 2.48 bits per heavy atom. The Morgan fingerprint density at radius 1 is 1.24 bits per heavy atom. The van der Waals surface area contributed by atoms with E-state index in [1.807, 2.05) is 0 Å². The van der Waals surface area contributed by atoms with Gasteiger partial charge in [0.25, 0.3) is 0 Å². The van der Waals surface area contributed by atoms with Gasteiger partial charge in [0.2, 0.25) is 0 Å². The molecule has 2 unspecified atom stereocenters. The highest BCUT2D eigenvalue weighted by Gasteiger charge is 2.39. The molecule has 0 spiro atoms. The predicted molar refractivity (Wildman–Crippen MR) is 79.8 cm³/mol. The molecule has 0 radical (unpaired) electrons. The van der Waals surface area contributed by atoms with Crippen LogP contribution in [0, 0.1) is 11.7 Å². The highest BCUT2D eigenvalue weighted by atomic mass is 19.1. The number of ether oxygens (including phenoxy) is 1. The van der Waals surface area contributed by atoms with Gasteiger partial charge in [0.15, 0.2) is 0 Å². The van der Waals surface area contributed by atoms with Crippen molar-refractivity contribution in [2.75, 3.05) is 13.2 Å². The Kier molecular flexibility index (Phi) is 4.45. The number of halogens is 1. The van der Waals surface area contributed by atoms with Crippen molar-refractivity contribution >= 4 is 0 Å². The largest absolute Gasteiger partial charge is 0.491 e. The average molecular weight is 293 g/mol. The second kappa shape index (κ2) is 6.32. The molecule has 2 atom stereocenters. The number of benzene rings is 1. The Bertz CT molecular complexity index is 456. The minimum absolute atomic E-state index is 0.256. The molecule has 2 saturated carbocycles. The van der Waals surface area contributed by atoms with Crippen molar-refractivity contribution in [1.29, 1.82) is 0 Å². The van der Waals surface area contributed by atoms with E-state index in [0.29, 0.717) is 24.4 Å². The molecule has 2 aliphatic rings. The third-order valence-corrected chi connectivity index (χ3v) is 4.52. The molecule has 1 N–H and O–H groups in total. The highest BCUT2D eigenvalue weighted by Crippen LogP contribution is 2.39. The van der Waals surface area contributed by atoms with Crippen LogP contribution >= 0.6 is 0 Å². The molecule has 1 aromatic rings. The number of aliphatic hydroxyl groups is 1. The molecule has 2 aliphatic carbocycles. The summed E-state index contributed by atoms with van der Waals surface area (Å²) in [6.07, 6.45) is 4.65. The first-order valence-electron chi connectivity index (χ1n) is 7.95. The fourth-order valence-electron chi connectivity index (χ4n) is 2.92. The van der Waals surface area contributed by atoms with E-state index in [4.69, 9.17) is 4.74 Å². The molecule has 2 fully saturated rings. The average Bonchev–Trinajstić information content (AvgIpc) is 3.36. The van der Waals surface area contributed by atoms with Gasteiger partial charge in [0.1, 0.15) is 24.3 Å². The fourth-order valence-corrected chi connectivity index (χ4v) is 2.92. The van der Waals surface area contributed by atoms with Crippen LogP contribution in [-0.4, -0.2) is 41.3 Å². The van der Waals surface area contributed by atoms with Gasteiger partial charge in [-0.15, -0.1) is 0 Å². The molecule has 0 amide bonds. The van der Waals surface area contributed by atoms with Crippen LogP contribution in [0.25, 0.3) is 0 Å². The maximum atomic E-state index is 12.8. The van der Waals surface area contributed by atoms with E-state index in [1.165, 1.54) is 37.8 Å². The van der Waals surface area contributed by atoms with Crippen molar-refractivity contribution in [3.05, 3.63) is 30.1 Å². The maximum Gasteiger partial charge on any atom is 0.123 e. The van der Waals surface area contributed by atoms with Gasteiger partial charge in [-0.05, 0) is 62.8 Å². The number of hydrogen-bond acceptors (Lipinski definition) is 3. The van der Waals surface area contributed by atoms with Gasteiger partial charge in [-0.3, -0.25) is 4.90 Å². The molecule has 116 valence electrons. The predicted octanol–water partition coefficient (Wildman–Crippen LogP) is 2.83. The van der Waals surface area contributed by atoms with E-state index in [9.17, 15) is 9.50 Å². The molecular weight excluding hydrogens is 269 g/mol. The number of nitrogens with zero attached hydrogens (tertiary/aromatic N) is 1. The lowest BCUT2D eigenvalue weighted by atomic mass is 10.1. The van der Waals surface area contributed by atoms with Crippen molar-refractivity contribution < 1.29 is 14.2 Å². The first kappa shape index (κ1) is 14.8. The summed E-state index contributed by atoms with van der Waals surface area (Å²) in [6.45, 7) is 3.21. The zero-order valence-corrected chi connectivity index (χ0v) is 12.5. The molecule has 1 aromatic carbocycles. The maximum absolute atomic E-state index is 12.8. The van der Waals surface area contributed by atoms with Crippen molar-refractivity contribution in [2.45, 2.75) is 50.8 Å². The Hall–Kier alpha value is -1.13. The molecule has 0 bridgehead atoms.